The normalized spacial score (nSPS) is 11.6. The summed E-state index contributed by atoms with van der Waals surface area (Å²) in [5.41, 5.74) is 6.70. The number of rotatable bonds is 6. The van der Waals surface area contributed by atoms with E-state index in [4.69, 9.17) is 0 Å². The van der Waals surface area contributed by atoms with Crippen molar-refractivity contribution in [2.45, 2.75) is 33.5 Å². The average Bonchev–Trinajstić information content (AvgIpc) is 3.26. The molecule has 4 aromatic rings. The summed E-state index contributed by atoms with van der Waals surface area (Å²) in [6.07, 6.45) is 7.86. The van der Waals surface area contributed by atoms with Gasteiger partial charge in [-0.2, -0.15) is 10.2 Å². The highest BCUT2D eigenvalue weighted by atomic mass is 15.3. The van der Waals surface area contributed by atoms with Gasteiger partial charge in [0.1, 0.15) is 0 Å². The second kappa shape index (κ2) is 7.32. The highest BCUT2D eigenvalue weighted by molar-refractivity contribution is 5.76. The van der Waals surface area contributed by atoms with Crippen molar-refractivity contribution in [3.63, 3.8) is 0 Å². The summed E-state index contributed by atoms with van der Waals surface area (Å²) < 4.78 is 3.90. The van der Waals surface area contributed by atoms with Gasteiger partial charge in [0.05, 0.1) is 12.4 Å². The molecular formula is C21H24N6. The molecule has 3 aromatic heterocycles. The summed E-state index contributed by atoms with van der Waals surface area (Å²) >= 11 is 0. The molecule has 1 aromatic carbocycles. The highest BCUT2D eigenvalue weighted by Crippen LogP contribution is 2.23. The maximum atomic E-state index is 4.67. The summed E-state index contributed by atoms with van der Waals surface area (Å²) in [5.74, 6) is 0. The number of benzene rings is 1. The third-order valence-corrected chi connectivity index (χ3v) is 4.89. The molecule has 0 aliphatic rings. The zero-order valence-corrected chi connectivity index (χ0v) is 16.0. The molecule has 0 bridgehead atoms. The van der Waals surface area contributed by atoms with Crippen molar-refractivity contribution in [1.82, 2.24) is 29.3 Å². The van der Waals surface area contributed by atoms with E-state index in [9.17, 15) is 0 Å². The smallest absolute Gasteiger partial charge is 0.162 e. The lowest BCUT2D eigenvalue weighted by atomic mass is 10.1. The lowest BCUT2D eigenvalue weighted by molar-refractivity contribution is 0.317. The molecule has 138 valence electrons. The van der Waals surface area contributed by atoms with Gasteiger partial charge in [0.2, 0.25) is 0 Å². The summed E-state index contributed by atoms with van der Waals surface area (Å²) in [5, 5.41) is 8.93. The number of nitrogens with zero attached hydrogens (tertiary/aromatic N) is 6. The Bertz CT molecular complexity index is 1050. The van der Waals surface area contributed by atoms with E-state index in [2.05, 4.69) is 59.3 Å². The molecule has 0 aliphatic carbocycles. The minimum Gasteiger partial charge on any atom is -0.298 e. The van der Waals surface area contributed by atoms with Gasteiger partial charge in [0.15, 0.2) is 5.65 Å². The standard InChI is InChI=1S/C21H24N6/c1-4-26-16(2)19(11-23-26)15-25(3)13-17-10-22-21-20(12-24-27(21)14-17)18-8-6-5-7-9-18/h5-12,14H,4,13,15H2,1-3H3. The zero-order chi connectivity index (χ0) is 18.8. The minimum absolute atomic E-state index is 0.806. The third kappa shape index (κ3) is 3.48. The molecule has 0 saturated carbocycles. The Morgan fingerprint density at radius 1 is 1.00 bits per heavy atom. The second-order valence-electron chi connectivity index (χ2n) is 6.90. The van der Waals surface area contributed by atoms with Crippen molar-refractivity contribution >= 4 is 5.65 Å². The van der Waals surface area contributed by atoms with Crippen molar-refractivity contribution in [2.75, 3.05) is 7.05 Å². The fraction of sp³-hybridized carbons (Fsp3) is 0.286. The molecule has 4 rings (SSSR count). The van der Waals surface area contributed by atoms with Crippen LogP contribution >= 0.6 is 0 Å². The van der Waals surface area contributed by atoms with Crippen LogP contribution in [0.15, 0.2) is 55.1 Å². The van der Waals surface area contributed by atoms with E-state index in [1.807, 2.05) is 46.0 Å². The molecule has 0 radical (unpaired) electrons. The van der Waals surface area contributed by atoms with Gasteiger partial charge in [-0.15, -0.1) is 0 Å². The van der Waals surface area contributed by atoms with E-state index >= 15 is 0 Å². The van der Waals surface area contributed by atoms with E-state index in [0.29, 0.717) is 0 Å². The van der Waals surface area contributed by atoms with Gasteiger partial charge in [-0.05, 0) is 26.5 Å². The van der Waals surface area contributed by atoms with Crippen molar-refractivity contribution in [3.05, 3.63) is 71.9 Å². The number of aryl methyl sites for hydroxylation is 1. The van der Waals surface area contributed by atoms with E-state index < -0.39 is 0 Å². The molecule has 3 heterocycles. The van der Waals surface area contributed by atoms with Crippen LogP contribution in [0, 0.1) is 6.92 Å². The maximum absolute atomic E-state index is 4.67. The first kappa shape index (κ1) is 17.4. The summed E-state index contributed by atoms with van der Waals surface area (Å²) in [6.45, 7) is 6.81. The van der Waals surface area contributed by atoms with Gasteiger partial charge in [-0.1, -0.05) is 30.3 Å². The van der Waals surface area contributed by atoms with Crippen molar-refractivity contribution in [2.24, 2.45) is 0 Å². The minimum atomic E-state index is 0.806. The Morgan fingerprint density at radius 2 is 1.81 bits per heavy atom. The number of fused-ring (bicyclic) bond motifs is 1. The highest BCUT2D eigenvalue weighted by Gasteiger charge is 2.11. The molecule has 0 fully saturated rings. The third-order valence-electron chi connectivity index (χ3n) is 4.89. The van der Waals surface area contributed by atoms with Crippen LogP contribution in [0.5, 0.6) is 0 Å². The summed E-state index contributed by atoms with van der Waals surface area (Å²) in [7, 11) is 2.12. The van der Waals surface area contributed by atoms with Crippen LogP contribution in [0.3, 0.4) is 0 Å². The van der Waals surface area contributed by atoms with Gasteiger partial charge in [0.25, 0.3) is 0 Å². The Hall–Kier alpha value is -2.99. The van der Waals surface area contributed by atoms with E-state index in [1.54, 1.807) is 0 Å². The quantitative estimate of drug-likeness (QED) is 0.528. The molecule has 0 spiro atoms. The fourth-order valence-electron chi connectivity index (χ4n) is 3.43. The fourth-order valence-corrected chi connectivity index (χ4v) is 3.43. The molecule has 6 heteroatoms. The van der Waals surface area contributed by atoms with E-state index in [1.165, 1.54) is 11.3 Å². The van der Waals surface area contributed by atoms with Gasteiger partial charge in [-0.25, -0.2) is 9.50 Å². The zero-order valence-electron chi connectivity index (χ0n) is 16.0. The van der Waals surface area contributed by atoms with Crippen LogP contribution in [-0.2, 0) is 19.6 Å². The Balaban J connectivity index is 1.52. The first-order valence-electron chi connectivity index (χ1n) is 9.23. The van der Waals surface area contributed by atoms with Crippen molar-refractivity contribution < 1.29 is 0 Å². The van der Waals surface area contributed by atoms with Crippen LogP contribution in [0.2, 0.25) is 0 Å². The molecule has 0 saturated heterocycles. The van der Waals surface area contributed by atoms with Crippen LogP contribution < -0.4 is 0 Å². The molecule has 6 nitrogen and oxygen atoms in total. The lowest BCUT2D eigenvalue weighted by Crippen LogP contribution is -2.18. The van der Waals surface area contributed by atoms with Crippen LogP contribution in [0.1, 0.15) is 23.7 Å². The average molecular weight is 360 g/mol. The van der Waals surface area contributed by atoms with Crippen molar-refractivity contribution in [3.8, 4) is 11.1 Å². The second-order valence-corrected chi connectivity index (χ2v) is 6.90. The monoisotopic (exact) mass is 360 g/mol. The van der Waals surface area contributed by atoms with Gasteiger partial charge in [0, 0.05) is 54.4 Å². The first-order chi connectivity index (χ1) is 13.2. The molecule has 0 aliphatic heterocycles. The van der Waals surface area contributed by atoms with E-state index in [-0.39, 0.29) is 0 Å². The molecule has 27 heavy (non-hydrogen) atoms. The Kier molecular flexibility index (Phi) is 4.73. The number of aromatic nitrogens is 5. The molecule has 0 unspecified atom stereocenters. The number of hydrogen-bond acceptors (Lipinski definition) is 4. The Labute approximate surface area is 159 Å². The lowest BCUT2D eigenvalue weighted by Gasteiger charge is -2.16. The predicted molar refractivity (Wildman–Crippen MR) is 106 cm³/mol. The SMILES string of the molecule is CCn1ncc(CN(C)Cc2cnc3c(-c4ccccc4)cnn3c2)c1C. The molecule has 0 N–H and O–H groups in total. The van der Waals surface area contributed by atoms with Crippen LogP contribution in [0.4, 0.5) is 0 Å². The van der Waals surface area contributed by atoms with E-state index in [0.717, 1.165) is 42.0 Å². The van der Waals surface area contributed by atoms with Crippen molar-refractivity contribution in [1.29, 1.82) is 0 Å². The molecular weight excluding hydrogens is 336 g/mol. The summed E-state index contributed by atoms with van der Waals surface area (Å²) in [6, 6.07) is 10.2. The first-order valence-corrected chi connectivity index (χ1v) is 9.23. The van der Waals surface area contributed by atoms with Crippen LogP contribution in [0.25, 0.3) is 16.8 Å². The van der Waals surface area contributed by atoms with Gasteiger partial charge < -0.3 is 0 Å². The van der Waals surface area contributed by atoms with Gasteiger partial charge >= 0.3 is 0 Å². The van der Waals surface area contributed by atoms with Crippen LogP contribution in [-0.4, -0.2) is 36.3 Å². The number of hydrogen-bond donors (Lipinski definition) is 0. The molecule has 0 atom stereocenters. The van der Waals surface area contributed by atoms with Gasteiger partial charge in [-0.3, -0.25) is 9.58 Å². The predicted octanol–water partition coefficient (Wildman–Crippen LogP) is 3.55. The topological polar surface area (TPSA) is 51.2 Å². The molecule has 0 amide bonds. The largest absolute Gasteiger partial charge is 0.298 e. The summed E-state index contributed by atoms with van der Waals surface area (Å²) in [4.78, 5) is 6.94. The Morgan fingerprint density at radius 3 is 2.56 bits per heavy atom. The maximum Gasteiger partial charge on any atom is 0.162 e.